The van der Waals surface area contributed by atoms with Gasteiger partial charge in [-0.1, -0.05) is 11.6 Å². The van der Waals surface area contributed by atoms with Crippen LogP contribution in [0.1, 0.15) is 26.3 Å². The Kier molecular flexibility index (Phi) is 5.56. The number of halogens is 1. The van der Waals surface area contributed by atoms with E-state index in [1.54, 1.807) is 6.07 Å². The maximum atomic E-state index is 11.6. The van der Waals surface area contributed by atoms with E-state index < -0.39 is 16.8 Å². The number of esters is 1. The summed E-state index contributed by atoms with van der Waals surface area (Å²) in [6.45, 7) is 0.0948. The summed E-state index contributed by atoms with van der Waals surface area (Å²) >= 11 is 5.94. The van der Waals surface area contributed by atoms with Crippen molar-refractivity contribution in [3.8, 4) is 0 Å². The molecule has 0 unspecified atom stereocenters. The van der Waals surface area contributed by atoms with Crippen molar-refractivity contribution in [2.24, 2.45) is 5.73 Å². The van der Waals surface area contributed by atoms with E-state index >= 15 is 0 Å². The molecule has 0 aliphatic heterocycles. The molecule has 0 spiro atoms. The number of nitrogens with two attached hydrogens (primary N) is 1. The lowest BCUT2D eigenvalue weighted by molar-refractivity contribution is -0.385. The number of methoxy groups -OCH3 is 1. The Bertz CT molecular complexity index is 854. The molecular weight excluding hydrogens is 350 g/mol. The van der Waals surface area contributed by atoms with Gasteiger partial charge in [-0.2, -0.15) is 0 Å². The Morgan fingerprint density at radius 1 is 1.28 bits per heavy atom. The van der Waals surface area contributed by atoms with Gasteiger partial charge in [0.05, 0.1) is 22.6 Å². The van der Waals surface area contributed by atoms with Gasteiger partial charge in [-0.3, -0.25) is 14.9 Å². The highest BCUT2D eigenvalue weighted by atomic mass is 35.5. The number of carbonyl (C=O) groups is 2. The number of nitrogens with one attached hydrogen (secondary N) is 1. The van der Waals surface area contributed by atoms with Gasteiger partial charge in [0.2, 0.25) is 5.91 Å². The van der Waals surface area contributed by atoms with E-state index in [1.807, 2.05) is 0 Å². The van der Waals surface area contributed by atoms with Crippen LogP contribution in [0.5, 0.6) is 0 Å². The zero-order valence-corrected chi connectivity index (χ0v) is 13.9. The zero-order valence-electron chi connectivity index (χ0n) is 13.1. The number of nitro benzene ring substituents is 1. The fourth-order valence-electron chi connectivity index (χ4n) is 2.14. The number of hydrogen-bond acceptors (Lipinski definition) is 6. The van der Waals surface area contributed by atoms with E-state index in [-0.39, 0.29) is 28.4 Å². The minimum atomic E-state index is -0.747. The predicted molar refractivity (Wildman–Crippen MR) is 91.7 cm³/mol. The Balaban J connectivity index is 2.25. The maximum absolute atomic E-state index is 11.6. The van der Waals surface area contributed by atoms with E-state index in [9.17, 15) is 19.7 Å². The summed E-state index contributed by atoms with van der Waals surface area (Å²) in [5, 5.41) is 14.4. The summed E-state index contributed by atoms with van der Waals surface area (Å²) in [6.07, 6.45) is 0. The van der Waals surface area contributed by atoms with Crippen LogP contribution in [0.2, 0.25) is 5.02 Å². The number of nitrogens with zero attached hydrogens (tertiary/aromatic N) is 1. The van der Waals surface area contributed by atoms with E-state index in [0.29, 0.717) is 11.3 Å². The monoisotopic (exact) mass is 363 g/mol. The lowest BCUT2D eigenvalue weighted by Crippen LogP contribution is -2.12. The quantitative estimate of drug-likeness (QED) is 0.462. The van der Waals surface area contributed by atoms with Gasteiger partial charge in [0.25, 0.3) is 5.69 Å². The number of benzene rings is 2. The largest absolute Gasteiger partial charge is 0.465 e. The number of ether oxygens (including phenoxy) is 1. The molecule has 0 radical (unpaired) electrons. The molecule has 0 heterocycles. The summed E-state index contributed by atoms with van der Waals surface area (Å²) in [5.74, 6) is -1.34. The second-order valence-corrected chi connectivity index (χ2v) is 5.41. The third-order valence-corrected chi connectivity index (χ3v) is 3.75. The number of hydrogen-bond donors (Lipinski definition) is 2. The normalized spacial score (nSPS) is 10.2. The molecule has 130 valence electrons. The van der Waals surface area contributed by atoms with Crippen LogP contribution in [-0.2, 0) is 11.3 Å². The van der Waals surface area contributed by atoms with Gasteiger partial charge in [-0.25, -0.2) is 4.79 Å². The lowest BCUT2D eigenvalue weighted by Gasteiger charge is -2.10. The molecule has 2 rings (SSSR count). The van der Waals surface area contributed by atoms with Gasteiger partial charge in [0.1, 0.15) is 0 Å². The highest BCUT2D eigenvalue weighted by molar-refractivity contribution is 6.33. The van der Waals surface area contributed by atoms with Crippen LogP contribution >= 0.6 is 11.6 Å². The predicted octanol–water partition coefficient (Wildman–Crippen LogP) is 2.75. The van der Waals surface area contributed by atoms with Crippen LogP contribution in [0.15, 0.2) is 36.4 Å². The Morgan fingerprint density at radius 3 is 2.60 bits per heavy atom. The SMILES string of the molecule is COC(=O)c1cc(NCc2ccc(C(N)=O)cc2[N+](=O)[O-])ccc1Cl. The highest BCUT2D eigenvalue weighted by Gasteiger charge is 2.17. The van der Waals surface area contributed by atoms with Crippen LogP contribution in [0.3, 0.4) is 0 Å². The molecular formula is C16H14ClN3O5. The van der Waals surface area contributed by atoms with Crippen molar-refractivity contribution >= 4 is 34.9 Å². The number of nitro groups is 1. The van der Waals surface area contributed by atoms with Crippen molar-refractivity contribution in [3.63, 3.8) is 0 Å². The van der Waals surface area contributed by atoms with Crippen LogP contribution < -0.4 is 11.1 Å². The Morgan fingerprint density at radius 2 is 2.00 bits per heavy atom. The fourth-order valence-corrected chi connectivity index (χ4v) is 2.33. The summed E-state index contributed by atoms with van der Waals surface area (Å²) in [6, 6.07) is 8.61. The van der Waals surface area contributed by atoms with Gasteiger partial charge in [0, 0.05) is 29.4 Å². The topological polar surface area (TPSA) is 125 Å². The van der Waals surface area contributed by atoms with Crippen molar-refractivity contribution in [1.29, 1.82) is 0 Å². The molecule has 3 N–H and O–H groups in total. The molecule has 0 aliphatic carbocycles. The van der Waals surface area contributed by atoms with Gasteiger partial charge < -0.3 is 15.8 Å². The first-order valence-electron chi connectivity index (χ1n) is 7.02. The van der Waals surface area contributed by atoms with Crippen molar-refractivity contribution in [3.05, 3.63) is 68.2 Å². The molecule has 0 saturated carbocycles. The summed E-state index contributed by atoms with van der Waals surface area (Å²) in [5.41, 5.74) is 6.01. The third kappa shape index (κ3) is 4.24. The van der Waals surface area contributed by atoms with E-state index in [1.165, 1.54) is 31.4 Å². The number of amides is 1. The third-order valence-electron chi connectivity index (χ3n) is 3.42. The standard InChI is InChI=1S/C16H14ClN3O5/c1-25-16(22)12-7-11(4-5-13(12)17)19-8-10-3-2-9(15(18)21)6-14(10)20(23)24/h2-7,19H,8H2,1H3,(H2,18,21). The number of carbonyl (C=O) groups excluding carboxylic acids is 2. The highest BCUT2D eigenvalue weighted by Crippen LogP contribution is 2.24. The molecule has 25 heavy (non-hydrogen) atoms. The molecule has 8 nitrogen and oxygen atoms in total. The van der Waals surface area contributed by atoms with E-state index in [4.69, 9.17) is 17.3 Å². The molecule has 0 saturated heterocycles. The van der Waals surface area contributed by atoms with Crippen molar-refractivity contribution in [2.45, 2.75) is 6.54 Å². The summed E-state index contributed by atoms with van der Waals surface area (Å²) in [4.78, 5) is 33.4. The molecule has 0 aliphatic rings. The molecule has 1 amide bonds. The number of anilines is 1. The van der Waals surface area contributed by atoms with Gasteiger partial charge in [-0.05, 0) is 30.3 Å². The molecule has 0 fully saturated rings. The van der Waals surface area contributed by atoms with E-state index in [0.717, 1.165) is 6.07 Å². The molecule has 0 aromatic heterocycles. The smallest absolute Gasteiger partial charge is 0.339 e. The molecule has 2 aromatic carbocycles. The van der Waals surface area contributed by atoms with Crippen LogP contribution in [0, 0.1) is 10.1 Å². The minimum Gasteiger partial charge on any atom is -0.465 e. The number of primary amides is 1. The lowest BCUT2D eigenvalue weighted by atomic mass is 10.1. The maximum Gasteiger partial charge on any atom is 0.339 e. The van der Waals surface area contributed by atoms with E-state index in [2.05, 4.69) is 10.1 Å². The first-order chi connectivity index (χ1) is 11.8. The fraction of sp³-hybridized carbons (Fsp3) is 0.125. The van der Waals surface area contributed by atoms with Crippen molar-refractivity contribution in [1.82, 2.24) is 0 Å². The second-order valence-electron chi connectivity index (χ2n) is 5.00. The first kappa shape index (κ1) is 18.2. The Labute approximate surface area is 147 Å². The van der Waals surface area contributed by atoms with Gasteiger partial charge >= 0.3 is 5.97 Å². The minimum absolute atomic E-state index is 0.0509. The van der Waals surface area contributed by atoms with Crippen molar-refractivity contribution in [2.75, 3.05) is 12.4 Å². The summed E-state index contributed by atoms with van der Waals surface area (Å²) < 4.78 is 4.64. The number of rotatable bonds is 6. The van der Waals surface area contributed by atoms with Crippen LogP contribution in [-0.4, -0.2) is 23.9 Å². The second kappa shape index (κ2) is 7.63. The van der Waals surface area contributed by atoms with Crippen LogP contribution in [0.25, 0.3) is 0 Å². The molecule has 2 aromatic rings. The zero-order chi connectivity index (χ0) is 18.6. The average Bonchev–Trinajstić information content (AvgIpc) is 2.59. The summed E-state index contributed by atoms with van der Waals surface area (Å²) in [7, 11) is 1.24. The van der Waals surface area contributed by atoms with Gasteiger partial charge in [-0.15, -0.1) is 0 Å². The Hall–Kier alpha value is -3.13. The molecule has 9 heteroatoms. The average molecular weight is 364 g/mol. The molecule has 0 bridgehead atoms. The van der Waals surface area contributed by atoms with Gasteiger partial charge in [0.15, 0.2) is 0 Å². The first-order valence-corrected chi connectivity index (χ1v) is 7.40. The van der Waals surface area contributed by atoms with Crippen LogP contribution in [0.4, 0.5) is 11.4 Å². The van der Waals surface area contributed by atoms with Crippen molar-refractivity contribution < 1.29 is 19.2 Å². The molecule has 0 atom stereocenters.